The summed E-state index contributed by atoms with van der Waals surface area (Å²) in [5.41, 5.74) is 5.46. The van der Waals surface area contributed by atoms with Gasteiger partial charge in [-0.2, -0.15) is 0 Å². The number of fused-ring (bicyclic) bond motifs is 20. The second-order valence-electron chi connectivity index (χ2n) is 23.7. The summed E-state index contributed by atoms with van der Waals surface area (Å²) < 4.78 is 33.9. The molecule has 0 amide bonds. The van der Waals surface area contributed by atoms with E-state index in [1.807, 2.05) is 66.7 Å². The molecule has 14 heteroatoms. The quantitative estimate of drug-likeness (QED) is 0.0780. The van der Waals surface area contributed by atoms with Gasteiger partial charge in [0.2, 0.25) is 0 Å². The molecular weight excluding hydrogens is 965 g/mol. The third-order valence-corrected chi connectivity index (χ3v) is 14.7. The van der Waals surface area contributed by atoms with Crippen LogP contribution in [0.2, 0.25) is 0 Å². The first-order chi connectivity index (χ1) is 36.6. The minimum Gasteiger partial charge on any atom is -0.489 e. The third-order valence-electron chi connectivity index (χ3n) is 14.7. The third kappa shape index (κ3) is 10.8. The van der Waals surface area contributed by atoms with Gasteiger partial charge in [0.25, 0.3) is 0 Å². The Morgan fingerprint density at radius 2 is 0.766 bits per heavy atom. The molecule has 0 atom stereocenters. The van der Waals surface area contributed by atoms with Gasteiger partial charge in [-0.05, 0) is 71.6 Å². The van der Waals surface area contributed by atoms with Gasteiger partial charge in [-0.1, -0.05) is 153 Å². The van der Waals surface area contributed by atoms with Crippen molar-refractivity contribution in [3.63, 3.8) is 0 Å². The van der Waals surface area contributed by atoms with Gasteiger partial charge in [0.1, 0.15) is 76.6 Å². The lowest BCUT2D eigenvalue weighted by Crippen LogP contribution is -2.29. The highest BCUT2D eigenvalue weighted by atomic mass is 16.5. The molecule has 5 heterocycles. The van der Waals surface area contributed by atoms with Crippen molar-refractivity contribution in [3.8, 4) is 68.5 Å². The molecule has 0 saturated heterocycles. The van der Waals surface area contributed by atoms with E-state index in [4.69, 9.17) is 53.6 Å². The Hall–Kier alpha value is -7.09. The van der Waals surface area contributed by atoms with Gasteiger partial charge >= 0.3 is 5.97 Å². The van der Waals surface area contributed by atoms with Crippen LogP contribution in [0.1, 0.15) is 123 Å². The summed E-state index contributed by atoms with van der Waals surface area (Å²) >= 11 is 0. The fraction of sp³-hybridized carbons (Fsp3) is 0.476. The number of carbonyl (C=O) groups excluding carboxylic acids is 1. The Balaban J connectivity index is 1.49. The molecule has 4 aromatic carbocycles. The Labute approximate surface area is 453 Å². The SMILES string of the molecule is CC(=O)OCc1ccc(OC(C(C)C)C(C)C)c2c3nc4nc(nc5[nH]c(nc6nc(nc([nH]3)c12)-c1c(OC(C(C)C)C(C)C)cccc1-6)c1c(OC(C(C)C)C(C)C)cccc51)-c1c(OC(C(C)C)C(C)C)cccc1-4. The predicted octanol–water partition coefficient (Wildman–Crippen LogP) is 15.2. The van der Waals surface area contributed by atoms with Crippen molar-refractivity contribution in [1.82, 2.24) is 39.9 Å². The molecule has 14 nitrogen and oxygen atoms in total. The van der Waals surface area contributed by atoms with Gasteiger partial charge in [0.05, 0.1) is 21.9 Å². The highest BCUT2D eigenvalue weighted by Gasteiger charge is 2.32. The number of H-pyrrole nitrogens is 2. The number of hydrogen-bond acceptors (Lipinski definition) is 12. The second-order valence-corrected chi connectivity index (χ2v) is 23.7. The van der Waals surface area contributed by atoms with Gasteiger partial charge in [-0.3, -0.25) is 4.79 Å². The van der Waals surface area contributed by atoms with Gasteiger partial charge in [0.15, 0.2) is 23.3 Å². The van der Waals surface area contributed by atoms with E-state index in [0.29, 0.717) is 96.3 Å². The van der Waals surface area contributed by atoms with E-state index in [1.54, 1.807) is 0 Å². The lowest BCUT2D eigenvalue weighted by molar-refractivity contribution is -0.142. The Morgan fingerprint density at radius 3 is 1.22 bits per heavy atom. The maximum absolute atomic E-state index is 12.6. The van der Waals surface area contributed by atoms with Crippen LogP contribution in [0.4, 0.5) is 0 Å². The van der Waals surface area contributed by atoms with Crippen LogP contribution in [-0.4, -0.2) is 70.3 Å². The molecule has 0 saturated carbocycles. The van der Waals surface area contributed by atoms with Gasteiger partial charge < -0.3 is 33.7 Å². The first-order valence-corrected chi connectivity index (χ1v) is 27.8. The van der Waals surface area contributed by atoms with Crippen LogP contribution in [0.5, 0.6) is 23.0 Å². The highest BCUT2D eigenvalue weighted by molar-refractivity contribution is 6.11. The van der Waals surface area contributed by atoms with E-state index in [-0.39, 0.29) is 78.4 Å². The Morgan fingerprint density at radius 1 is 0.403 bits per heavy atom. The summed E-state index contributed by atoms with van der Waals surface area (Å²) in [5.74, 6) is 5.35. The number of hydrogen-bond donors (Lipinski definition) is 2. The van der Waals surface area contributed by atoms with E-state index in [2.05, 4.69) is 121 Å². The van der Waals surface area contributed by atoms with Crippen LogP contribution < -0.4 is 18.9 Å². The van der Waals surface area contributed by atoms with E-state index < -0.39 is 5.97 Å². The minimum absolute atomic E-state index is 0.0344. The van der Waals surface area contributed by atoms with Crippen LogP contribution in [-0.2, 0) is 16.1 Å². The second kappa shape index (κ2) is 22.1. The summed E-state index contributed by atoms with van der Waals surface area (Å²) in [6, 6.07) is 21.9. The smallest absolute Gasteiger partial charge is 0.302 e. The van der Waals surface area contributed by atoms with Gasteiger partial charge in [0, 0.05) is 34.4 Å². The average Bonchev–Trinajstić information content (AvgIpc) is 4.25. The van der Waals surface area contributed by atoms with Crippen molar-refractivity contribution >= 4 is 50.1 Å². The van der Waals surface area contributed by atoms with Crippen LogP contribution >= 0.6 is 0 Å². The molecule has 0 fully saturated rings. The Kier molecular flexibility index (Phi) is 15.7. The first kappa shape index (κ1) is 54.7. The molecule has 0 radical (unpaired) electrons. The summed E-state index contributed by atoms with van der Waals surface area (Å²) in [5, 5.41) is 2.85. The van der Waals surface area contributed by atoms with Crippen molar-refractivity contribution < 1.29 is 28.5 Å². The maximum Gasteiger partial charge on any atom is 0.302 e. The van der Waals surface area contributed by atoms with E-state index >= 15 is 0 Å². The van der Waals surface area contributed by atoms with Crippen molar-refractivity contribution in [2.45, 2.75) is 149 Å². The molecular formula is C63H78N8O6. The molecule has 0 unspecified atom stereocenters. The molecule has 2 aliphatic heterocycles. The minimum atomic E-state index is -0.416. The number of aromatic amines is 2. The lowest BCUT2D eigenvalue weighted by atomic mass is 9.96. The van der Waals surface area contributed by atoms with E-state index in [1.165, 1.54) is 6.92 Å². The zero-order chi connectivity index (χ0) is 55.3. The monoisotopic (exact) mass is 1040 g/mol. The number of aromatic nitrogens is 8. The fourth-order valence-corrected chi connectivity index (χ4v) is 11.5. The molecule has 3 aromatic heterocycles. The first-order valence-electron chi connectivity index (χ1n) is 27.8. The summed E-state index contributed by atoms with van der Waals surface area (Å²) in [6.45, 7) is 36.2. The van der Waals surface area contributed by atoms with Crippen molar-refractivity contribution in [3.05, 3.63) is 72.3 Å². The maximum atomic E-state index is 12.6. The highest BCUT2D eigenvalue weighted by Crippen LogP contribution is 2.46. The summed E-state index contributed by atoms with van der Waals surface area (Å²) in [4.78, 5) is 52.5. The zero-order valence-corrected chi connectivity index (χ0v) is 48.1. The number of esters is 1. The van der Waals surface area contributed by atoms with Crippen LogP contribution in [0.15, 0.2) is 66.7 Å². The van der Waals surface area contributed by atoms with Crippen LogP contribution in [0.25, 0.3) is 89.7 Å². The van der Waals surface area contributed by atoms with Crippen LogP contribution in [0.3, 0.4) is 0 Å². The molecule has 77 heavy (non-hydrogen) atoms. The molecule has 2 N–H and O–H groups in total. The van der Waals surface area contributed by atoms with Crippen molar-refractivity contribution in [2.75, 3.05) is 0 Å². The van der Waals surface area contributed by atoms with Crippen molar-refractivity contribution in [1.29, 1.82) is 0 Å². The van der Waals surface area contributed by atoms with Crippen LogP contribution in [0, 0.1) is 47.3 Å². The Bertz CT molecular complexity index is 3460. The summed E-state index contributed by atoms with van der Waals surface area (Å²) in [7, 11) is 0. The van der Waals surface area contributed by atoms with E-state index in [0.717, 1.165) is 21.9 Å². The average molecular weight is 1040 g/mol. The zero-order valence-electron chi connectivity index (χ0n) is 48.1. The molecule has 9 rings (SSSR count). The molecule has 0 spiro atoms. The molecule has 406 valence electrons. The largest absolute Gasteiger partial charge is 0.489 e. The summed E-state index contributed by atoms with van der Waals surface area (Å²) in [6.07, 6.45) is -0.488. The molecule has 8 bridgehead atoms. The number of benzene rings is 4. The van der Waals surface area contributed by atoms with Crippen molar-refractivity contribution in [2.24, 2.45) is 47.3 Å². The normalized spacial score (nSPS) is 12.7. The number of nitrogens with one attached hydrogen (secondary N) is 2. The number of rotatable bonds is 18. The molecule has 0 aliphatic carbocycles. The molecule has 2 aliphatic rings. The predicted molar refractivity (Wildman–Crippen MR) is 308 cm³/mol. The number of nitrogens with zero attached hydrogens (tertiary/aromatic N) is 6. The number of ether oxygens (including phenoxy) is 5. The van der Waals surface area contributed by atoms with E-state index in [9.17, 15) is 4.79 Å². The number of carbonyl (C=O) groups is 1. The van der Waals surface area contributed by atoms with Gasteiger partial charge in [-0.15, -0.1) is 0 Å². The molecule has 7 aromatic rings. The lowest BCUT2D eigenvalue weighted by Gasteiger charge is -2.27. The topological polar surface area (TPSA) is 172 Å². The van der Waals surface area contributed by atoms with Gasteiger partial charge in [-0.25, -0.2) is 29.9 Å². The standard InChI is InChI=1S/C63H78N8O6/c1-30(2)52(31(3)4)74-43-24-18-21-40-48(43)60-64-56(40)65-61-49-41(22-19-25-44(49)75-53(32(5)6)33(7)8)58(67-61)69-63-51-46(77-55(36(13)14)37(15)16)28-27-39(29-73-38(17)72)47(51)59(71-63)70-62-50-42(57(66-60)68-62)23-20-26-45(50)76-54(34(9)10)35(11)12/h18-28,30-37,52-55H,29H2,1-17H3,(H2,64,65,66,67,68,69,70,71). The fourth-order valence-electron chi connectivity index (χ4n) is 11.5.